The standard InChI is InChI=1S/C44H48F2N10O7S/c1-3-54(2)64(61,62)53-35-9-8-34(45)39(40(35)46)41(59)33-24-48-42-32(33)20-28(21-47-42)29-22-49-44(50-23-29)56-18-14-30(15-19-56)51-38(58)25-55-16-12-27(13-17-55)26-4-6-31(7-5-26)63-36-10-11-37(57)52-43(36)60/h4-9,20-24,27,30,36,53H,3,10-19,25H2,1-2H3,(H,47,48)(H,51,58)(H,52,57,60). The van der Waals surface area contributed by atoms with Crippen molar-refractivity contribution in [2.45, 2.75) is 63.5 Å². The molecule has 64 heavy (non-hydrogen) atoms. The van der Waals surface area contributed by atoms with Crippen LogP contribution in [0.4, 0.5) is 20.4 Å². The number of hydrogen-bond acceptors (Lipinski definition) is 12. The number of ketones is 1. The lowest BCUT2D eigenvalue weighted by molar-refractivity contribution is -0.139. The first-order valence-corrected chi connectivity index (χ1v) is 22.6. The molecule has 6 heterocycles. The van der Waals surface area contributed by atoms with E-state index in [4.69, 9.17) is 4.74 Å². The summed E-state index contributed by atoms with van der Waals surface area (Å²) in [6, 6.07) is 11.2. The van der Waals surface area contributed by atoms with Gasteiger partial charge in [-0.3, -0.25) is 34.1 Å². The molecule has 3 aliphatic rings. The fraction of sp³-hybridized carbons (Fsp3) is 0.386. The van der Waals surface area contributed by atoms with Crippen molar-refractivity contribution in [3.05, 3.63) is 95.6 Å². The molecule has 3 aromatic heterocycles. The van der Waals surface area contributed by atoms with Crippen molar-refractivity contribution in [2.75, 3.05) is 55.9 Å². The third kappa shape index (κ3) is 9.73. The van der Waals surface area contributed by atoms with Gasteiger partial charge in [0.2, 0.25) is 23.5 Å². The lowest BCUT2D eigenvalue weighted by Crippen LogP contribution is -2.48. The molecule has 5 aromatic rings. The molecule has 20 heteroatoms. The topological polar surface area (TPSA) is 212 Å². The molecule has 0 bridgehead atoms. The number of piperidine rings is 3. The number of nitrogens with zero attached hydrogens (tertiary/aromatic N) is 6. The predicted octanol–water partition coefficient (Wildman–Crippen LogP) is 4.29. The van der Waals surface area contributed by atoms with Gasteiger partial charge in [0.1, 0.15) is 17.2 Å². The number of nitrogens with one attached hydrogen (secondary N) is 4. The number of ether oxygens (including phenoxy) is 1. The van der Waals surface area contributed by atoms with E-state index in [9.17, 15) is 27.6 Å². The number of benzene rings is 2. The number of amides is 3. The zero-order chi connectivity index (χ0) is 45.1. The van der Waals surface area contributed by atoms with Gasteiger partial charge in [-0.25, -0.2) is 23.7 Å². The van der Waals surface area contributed by atoms with Gasteiger partial charge >= 0.3 is 10.2 Å². The molecule has 3 aliphatic heterocycles. The molecule has 0 spiro atoms. The maximum absolute atomic E-state index is 15.6. The van der Waals surface area contributed by atoms with Gasteiger partial charge in [0.15, 0.2) is 11.9 Å². The number of carbonyl (C=O) groups is 4. The fourth-order valence-corrected chi connectivity index (χ4v) is 9.17. The molecule has 0 aliphatic carbocycles. The molecule has 4 N–H and O–H groups in total. The number of aromatic amines is 1. The summed E-state index contributed by atoms with van der Waals surface area (Å²) in [6.07, 6.45) is 9.35. The van der Waals surface area contributed by atoms with Crippen LogP contribution in [-0.4, -0.2) is 120 Å². The van der Waals surface area contributed by atoms with Crippen LogP contribution in [0.25, 0.3) is 22.2 Å². The highest BCUT2D eigenvalue weighted by molar-refractivity contribution is 7.90. The van der Waals surface area contributed by atoms with Crippen LogP contribution in [0.3, 0.4) is 0 Å². The predicted molar refractivity (Wildman–Crippen MR) is 233 cm³/mol. The lowest BCUT2D eigenvalue weighted by atomic mass is 9.89. The van der Waals surface area contributed by atoms with Crippen LogP contribution >= 0.6 is 0 Å². The highest BCUT2D eigenvalue weighted by atomic mass is 32.2. The van der Waals surface area contributed by atoms with E-state index in [1.165, 1.54) is 18.8 Å². The molecule has 0 saturated carbocycles. The molecule has 3 fully saturated rings. The second kappa shape index (κ2) is 18.8. The summed E-state index contributed by atoms with van der Waals surface area (Å²) in [5, 5.41) is 5.80. The highest BCUT2D eigenvalue weighted by Gasteiger charge is 2.30. The summed E-state index contributed by atoms with van der Waals surface area (Å²) in [6.45, 7) is 4.89. The number of H-pyrrole nitrogens is 1. The van der Waals surface area contributed by atoms with Gasteiger partial charge < -0.3 is 19.9 Å². The zero-order valence-corrected chi connectivity index (χ0v) is 36.1. The van der Waals surface area contributed by atoms with E-state index in [-0.39, 0.29) is 36.4 Å². The van der Waals surface area contributed by atoms with Crippen LogP contribution in [0.1, 0.15) is 72.9 Å². The quantitative estimate of drug-likeness (QED) is 0.0909. The van der Waals surface area contributed by atoms with E-state index < -0.39 is 50.9 Å². The van der Waals surface area contributed by atoms with Crippen LogP contribution in [0.15, 0.2) is 67.3 Å². The fourth-order valence-electron chi connectivity index (χ4n) is 8.24. The third-order valence-corrected chi connectivity index (χ3v) is 13.6. The van der Waals surface area contributed by atoms with Crippen molar-refractivity contribution in [1.29, 1.82) is 0 Å². The summed E-state index contributed by atoms with van der Waals surface area (Å²) in [4.78, 5) is 70.8. The number of rotatable bonds is 14. The summed E-state index contributed by atoms with van der Waals surface area (Å²) in [7, 11) is -2.86. The Balaban J connectivity index is 0.813. The van der Waals surface area contributed by atoms with E-state index in [1.54, 1.807) is 31.6 Å². The molecule has 0 radical (unpaired) electrons. The minimum absolute atomic E-state index is 0.00278. The minimum Gasteiger partial charge on any atom is -0.481 e. The van der Waals surface area contributed by atoms with E-state index in [2.05, 4.69) is 40.2 Å². The molecule has 1 atom stereocenters. The average Bonchev–Trinajstić information content (AvgIpc) is 3.72. The molecular formula is C44H48F2N10O7S. The van der Waals surface area contributed by atoms with E-state index in [0.29, 0.717) is 65.8 Å². The second-order valence-corrected chi connectivity index (χ2v) is 18.0. The maximum atomic E-state index is 15.6. The van der Waals surface area contributed by atoms with Crippen molar-refractivity contribution in [1.82, 2.24) is 39.8 Å². The van der Waals surface area contributed by atoms with Crippen molar-refractivity contribution < 1.29 is 41.1 Å². The number of hydrogen-bond donors (Lipinski definition) is 4. The Morgan fingerprint density at radius 1 is 0.922 bits per heavy atom. The first-order valence-electron chi connectivity index (χ1n) is 21.2. The summed E-state index contributed by atoms with van der Waals surface area (Å²) < 4.78 is 64.5. The first-order chi connectivity index (χ1) is 30.8. The van der Waals surface area contributed by atoms with Gasteiger partial charge in [-0.05, 0) is 80.6 Å². The minimum atomic E-state index is -4.15. The Morgan fingerprint density at radius 3 is 2.31 bits per heavy atom. The van der Waals surface area contributed by atoms with Gasteiger partial charge in [-0.2, -0.15) is 12.7 Å². The number of carbonyl (C=O) groups excluding carboxylic acids is 4. The number of halogens is 2. The summed E-state index contributed by atoms with van der Waals surface area (Å²) in [5.74, 6) is -2.73. The SMILES string of the molecule is CCN(C)S(=O)(=O)Nc1ccc(F)c(C(=O)c2c[nH]c3ncc(-c4cnc(N5CCC(NC(=O)CN6CCC(c7ccc(OC8CCC(=O)NC8=O)cc7)CC6)CC5)nc4)cc23)c1F. The Morgan fingerprint density at radius 2 is 1.62 bits per heavy atom. The lowest BCUT2D eigenvalue weighted by Gasteiger charge is -2.34. The molecular weight excluding hydrogens is 851 g/mol. The molecule has 2 aromatic carbocycles. The monoisotopic (exact) mass is 898 g/mol. The van der Waals surface area contributed by atoms with E-state index >= 15 is 8.78 Å². The smallest absolute Gasteiger partial charge is 0.301 e. The van der Waals surface area contributed by atoms with Crippen LogP contribution < -0.4 is 25.0 Å². The molecule has 3 amide bonds. The van der Waals surface area contributed by atoms with Crippen molar-refractivity contribution >= 4 is 56.4 Å². The molecule has 3 saturated heterocycles. The molecule has 8 rings (SSSR count). The Kier molecular flexibility index (Phi) is 13.0. The van der Waals surface area contributed by atoms with Crippen molar-refractivity contribution in [3.63, 3.8) is 0 Å². The molecule has 17 nitrogen and oxygen atoms in total. The van der Waals surface area contributed by atoms with Crippen molar-refractivity contribution in [2.24, 2.45) is 0 Å². The maximum Gasteiger partial charge on any atom is 0.301 e. The average molecular weight is 899 g/mol. The van der Waals surface area contributed by atoms with Crippen LogP contribution in [0, 0.1) is 11.6 Å². The third-order valence-electron chi connectivity index (χ3n) is 12.1. The Bertz CT molecular complexity index is 2670. The van der Waals surface area contributed by atoms with E-state index in [0.717, 1.165) is 55.2 Å². The normalized spacial score (nSPS) is 18.0. The van der Waals surface area contributed by atoms with E-state index in [1.807, 2.05) is 29.2 Å². The van der Waals surface area contributed by atoms with Gasteiger partial charge in [0, 0.05) is 92.4 Å². The summed E-state index contributed by atoms with van der Waals surface area (Å²) >= 11 is 0. The highest BCUT2D eigenvalue weighted by Crippen LogP contribution is 2.32. The summed E-state index contributed by atoms with van der Waals surface area (Å²) in [5.41, 5.74) is 1.08. The number of pyridine rings is 1. The van der Waals surface area contributed by atoms with Crippen LogP contribution in [0.2, 0.25) is 0 Å². The molecule has 1 unspecified atom stereocenters. The number of aromatic nitrogens is 4. The number of likely N-dealkylation sites (tertiary alicyclic amines) is 1. The number of fused-ring (bicyclic) bond motifs is 1. The van der Waals surface area contributed by atoms with Gasteiger partial charge in [0.05, 0.1) is 17.8 Å². The Labute approximate surface area is 368 Å². The van der Waals surface area contributed by atoms with Crippen LogP contribution in [-0.2, 0) is 24.6 Å². The number of anilines is 2. The van der Waals surface area contributed by atoms with Gasteiger partial charge in [0.25, 0.3) is 5.91 Å². The number of imide groups is 1. The second-order valence-electron chi connectivity index (χ2n) is 16.2. The first kappa shape index (κ1) is 44.2. The Hall–Kier alpha value is -6.38. The van der Waals surface area contributed by atoms with Gasteiger partial charge in [-0.15, -0.1) is 0 Å². The van der Waals surface area contributed by atoms with Crippen molar-refractivity contribution in [3.8, 4) is 16.9 Å². The molecule has 336 valence electrons. The zero-order valence-electron chi connectivity index (χ0n) is 35.3. The largest absolute Gasteiger partial charge is 0.481 e. The van der Waals surface area contributed by atoms with Crippen LogP contribution in [0.5, 0.6) is 5.75 Å². The van der Waals surface area contributed by atoms with Gasteiger partial charge in [-0.1, -0.05) is 19.1 Å².